The fourth-order valence-corrected chi connectivity index (χ4v) is 0.906. The van der Waals surface area contributed by atoms with E-state index in [4.69, 9.17) is 4.74 Å². The number of carbonyl (C=O) groups excluding carboxylic acids is 1. The summed E-state index contributed by atoms with van der Waals surface area (Å²) in [6, 6.07) is 5.08. The van der Waals surface area contributed by atoms with Crippen LogP contribution in [0.15, 0.2) is 18.2 Å². The summed E-state index contributed by atoms with van der Waals surface area (Å²) in [5.74, 6) is 0.269. The molecule has 0 fully saturated rings. The van der Waals surface area contributed by atoms with Gasteiger partial charge in [-0.05, 0) is 13.0 Å². The maximum absolute atomic E-state index is 11.3. The Kier molecular flexibility index (Phi) is 3.25. The molecule has 0 unspecified atom stereocenters. The van der Waals surface area contributed by atoms with Gasteiger partial charge in [0.15, 0.2) is 0 Å². The molecule has 13 heavy (non-hydrogen) atoms. The molecule has 1 aromatic rings. The standard InChI is InChI=1S/C9H12N2O2/c1-3-10-9(12)7-5-4-6-8(11-7)13-2/h4-6H,3H2,1-2H3,(H,10,12). The number of carbonyl (C=O) groups is 1. The number of methoxy groups -OCH3 is 1. The summed E-state index contributed by atoms with van der Waals surface area (Å²) in [6.07, 6.45) is 0. The van der Waals surface area contributed by atoms with E-state index >= 15 is 0 Å². The molecule has 1 aromatic heterocycles. The van der Waals surface area contributed by atoms with Crippen LogP contribution in [0.5, 0.6) is 5.88 Å². The van der Waals surface area contributed by atoms with Gasteiger partial charge in [-0.3, -0.25) is 4.79 Å². The van der Waals surface area contributed by atoms with Crippen LogP contribution in [0.25, 0.3) is 0 Å². The van der Waals surface area contributed by atoms with Crippen molar-refractivity contribution in [3.05, 3.63) is 23.9 Å². The quantitative estimate of drug-likeness (QED) is 0.749. The van der Waals surface area contributed by atoms with Crippen molar-refractivity contribution in [2.45, 2.75) is 6.92 Å². The van der Waals surface area contributed by atoms with Crippen LogP contribution in [0, 0.1) is 0 Å². The van der Waals surface area contributed by atoms with Gasteiger partial charge in [0.1, 0.15) is 5.69 Å². The first-order valence-electron chi connectivity index (χ1n) is 4.07. The highest BCUT2D eigenvalue weighted by Crippen LogP contribution is 2.05. The van der Waals surface area contributed by atoms with Crippen LogP contribution in [0.4, 0.5) is 0 Å². The van der Waals surface area contributed by atoms with Gasteiger partial charge in [0.25, 0.3) is 5.91 Å². The topological polar surface area (TPSA) is 51.2 Å². The van der Waals surface area contributed by atoms with E-state index in [9.17, 15) is 4.79 Å². The summed E-state index contributed by atoms with van der Waals surface area (Å²) in [7, 11) is 1.52. The zero-order valence-electron chi connectivity index (χ0n) is 7.70. The molecule has 0 bridgehead atoms. The number of aromatic nitrogens is 1. The molecule has 0 aromatic carbocycles. The van der Waals surface area contributed by atoms with E-state index < -0.39 is 0 Å². The average molecular weight is 180 g/mol. The smallest absolute Gasteiger partial charge is 0.270 e. The van der Waals surface area contributed by atoms with Crippen molar-refractivity contribution in [2.75, 3.05) is 13.7 Å². The summed E-state index contributed by atoms with van der Waals surface area (Å²) in [6.45, 7) is 2.45. The lowest BCUT2D eigenvalue weighted by molar-refractivity contribution is 0.0950. The minimum absolute atomic E-state index is 0.179. The van der Waals surface area contributed by atoms with Gasteiger partial charge in [-0.2, -0.15) is 0 Å². The maximum atomic E-state index is 11.3. The number of pyridine rings is 1. The molecule has 70 valence electrons. The first kappa shape index (κ1) is 9.51. The molecule has 1 rings (SSSR count). The number of nitrogens with zero attached hydrogens (tertiary/aromatic N) is 1. The summed E-state index contributed by atoms with van der Waals surface area (Å²) in [4.78, 5) is 15.3. The van der Waals surface area contributed by atoms with Crippen molar-refractivity contribution in [1.29, 1.82) is 0 Å². The lowest BCUT2D eigenvalue weighted by Crippen LogP contribution is -2.23. The van der Waals surface area contributed by atoms with E-state index in [0.717, 1.165) is 0 Å². The first-order valence-corrected chi connectivity index (χ1v) is 4.07. The second-order valence-corrected chi connectivity index (χ2v) is 2.42. The Morgan fingerprint density at radius 1 is 1.62 bits per heavy atom. The van der Waals surface area contributed by atoms with Crippen LogP contribution in [-0.2, 0) is 0 Å². The van der Waals surface area contributed by atoms with Gasteiger partial charge >= 0.3 is 0 Å². The Balaban J connectivity index is 2.82. The third-order valence-electron chi connectivity index (χ3n) is 1.50. The van der Waals surface area contributed by atoms with Crippen molar-refractivity contribution in [3.63, 3.8) is 0 Å². The Hall–Kier alpha value is -1.58. The molecular formula is C9H12N2O2. The van der Waals surface area contributed by atoms with E-state index in [2.05, 4.69) is 10.3 Å². The molecule has 0 saturated heterocycles. The molecule has 1 amide bonds. The summed E-state index contributed by atoms with van der Waals surface area (Å²) in [5.41, 5.74) is 0.376. The van der Waals surface area contributed by atoms with Crippen molar-refractivity contribution in [2.24, 2.45) is 0 Å². The third kappa shape index (κ3) is 2.43. The van der Waals surface area contributed by atoms with Crippen LogP contribution in [0.3, 0.4) is 0 Å². The number of amides is 1. The summed E-state index contributed by atoms with van der Waals surface area (Å²) in [5, 5.41) is 2.66. The Morgan fingerprint density at radius 3 is 3.00 bits per heavy atom. The number of hydrogen-bond donors (Lipinski definition) is 1. The number of nitrogens with one attached hydrogen (secondary N) is 1. The Bertz CT molecular complexity index is 299. The van der Waals surface area contributed by atoms with Crippen molar-refractivity contribution in [1.82, 2.24) is 10.3 Å². The molecule has 0 aliphatic carbocycles. The number of ether oxygens (including phenoxy) is 1. The fraction of sp³-hybridized carbons (Fsp3) is 0.333. The molecule has 0 aliphatic heterocycles. The Labute approximate surface area is 76.9 Å². The molecule has 1 heterocycles. The van der Waals surface area contributed by atoms with Crippen LogP contribution >= 0.6 is 0 Å². The minimum atomic E-state index is -0.179. The fourth-order valence-electron chi connectivity index (χ4n) is 0.906. The van der Waals surface area contributed by atoms with E-state index in [-0.39, 0.29) is 5.91 Å². The highest BCUT2D eigenvalue weighted by molar-refractivity contribution is 5.92. The lowest BCUT2D eigenvalue weighted by atomic mass is 10.3. The van der Waals surface area contributed by atoms with Crippen LogP contribution < -0.4 is 10.1 Å². The monoisotopic (exact) mass is 180 g/mol. The van der Waals surface area contributed by atoms with E-state index in [0.29, 0.717) is 18.1 Å². The van der Waals surface area contributed by atoms with Gasteiger partial charge in [0.05, 0.1) is 7.11 Å². The van der Waals surface area contributed by atoms with Crippen LogP contribution in [-0.4, -0.2) is 24.5 Å². The van der Waals surface area contributed by atoms with Gasteiger partial charge in [0, 0.05) is 12.6 Å². The largest absolute Gasteiger partial charge is 0.481 e. The molecule has 4 nitrogen and oxygen atoms in total. The average Bonchev–Trinajstić information content (AvgIpc) is 2.18. The molecule has 0 spiro atoms. The molecule has 1 N–H and O–H groups in total. The van der Waals surface area contributed by atoms with Gasteiger partial charge in [-0.1, -0.05) is 6.07 Å². The lowest BCUT2D eigenvalue weighted by Gasteiger charge is -2.02. The van der Waals surface area contributed by atoms with Crippen molar-refractivity contribution in [3.8, 4) is 5.88 Å². The zero-order valence-corrected chi connectivity index (χ0v) is 7.70. The number of hydrogen-bond acceptors (Lipinski definition) is 3. The maximum Gasteiger partial charge on any atom is 0.270 e. The second kappa shape index (κ2) is 4.45. The van der Waals surface area contributed by atoms with Crippen molar-refractivity contribution >= 4 is 5.91 Å². The molecule has 0 aliphatic rings. The zero-order chi connectivity index (χ0) is 9.68. The highest BCUT2D eigenvalue weighted by Gasteiger charge is 2.05. The SMILES string of the molecule is CCNC(=O)c1cccc(OC)n1. The van der Waals surface area contributed by atoms with E-state index in [1.165, 1.54) is 7.11 Å². The first-order chi connectivity index (χ1) is 6.27. The normalized spacial score (nSPS) is 9.38. The highest BCUT2D eigenvalue weighted by atomic mass is 16.5. The molecule has 0 radical (unpaired) electrons. The predicted molar refractivity (Wildman–Crippen MR) is 48.8 cm³/mol. The van der Waals surface area contributed by atoms with Gasteiger partial charge in [0.2, 0.25) is 5.88 Å². The summed E-state index contributed by atoms with van der Waals surface area (Å²) >= 11 is 0. The van der Waals surface area contributed by atoms with Gasteiger partial charge < -0.3 is 10.1 Å². The summed E-state index contributed by atoms with van der Waals surface area (Å²) < 4.78 is 4.89. The Morgan fingerprint density at radius 2 is 2.38 bits per heavy atom. The second-order valence-electron chi connectivity index (χ2n) is 2.42. The van der Waals surface area contributed by atoms with Crippen LogP contribution in [0.1, 0.15) is 17.4 Å². The van der Waals surface area contributed by atoms with Crippen molar-refractivity contribution < 1.29 is 9.53 Å². The van der Waals surface area contributed by atoms with Gasteiger partial charge in [-0.15, -0.1) is 0 Å². The predicted octanol–water partition coefficient (Wildman–Crippen LogP) is 0.840. The molecular weight excluding hydrogens is 168 g/mol. The minimum Gasteiger partial charge on any atom is -0.481 e. The van der Waals surface area contributed by atoms with Crippen LogP contribution in [0.2, 0.25) is 0 Å². The van der Waals surface area contributed by atoms with Gasteiger partial charge in [-0.25, -0.2) is 4.98 Å². The number of rotatable bonds is 3. The van der Waals surface area contributed by atoms with E-state index in [1.807, 2.05) is 6.92 Å². The third-order valence-corrected chi connectivity index (χ3v) is 1.50. The van der Waals surface area contributed by atoms with E-state index in [1.54, 1.807) is 18.2 Å². The molecule has 0 saturated carbocycles. The molecule has 0 atom stereocenters. The molecule has 4 heteroatoms.